The first-order valence-corrected chi connectivity index (χ1v) is 10.1. The highest BCUT2D eigenvalue weighted by Gasteiger charge is 2.13. The van der Waals surface area contributed by atoms with Gasteiger partial charge in [0.05, 0.1) is 17.3 Å². The Kier molecular flexibility index (Phi) is 5.85. The monoisotopic (exact) mass is 430 g/mol. The Morgan fingerprint density at radius 3 is 2.62 bits per heavy atom. The van der Waals surface area contributed by atoms with E-state index in [0.717, 1.165) is 15.8 Å². The van der Waals surface area contributed by atoms with Crippen molar-refractivity contribution in [1.29, 1.82) is 0 Å². The summed E-state index contributed by atoms with van der Waals surface area (Å²) in [4.78, 5) is 41.6. The average Bonchev–Trinajstić information content (AvgIpc) is 2.79. The van der Waals surface area contributed by atoms with Gasteiger partial charge in [-0.1, -0.05) is 24.3 Å². The Bertz CT molecular complexity index is 1420. The summed E-state index contributed by atoms with van der Waals surface area (Å²) in [6.07, 6.45) is 1.56. The number of aromatic nitrogens is 3. The molecule has 0 bridgehead atoms. The molecule has 162 valence electrons. The molecule has 2 aromatic carbocycles. The largest absolute Gasteiger partial charge is 0.437 e. The number of nitrogens with one attached hydrogen (secondary N) is 2. The molecule has 2 heterocycles. The minimum atomic E-state index is -0.378. The normalized spacial score (nSPS) is 10.8. The number of hydrogen-bond acceptors (Lipinski definition) is 5. The number of aromatic amines is 1. The topological polar surface area (TPSA) is 106 Å². The minimum Gasteiger partial charge on any atom is -0.437 e. The van der Waals surface area contributed by atoms with E-state index >= 15 is 0 Å². The molecule has 0 fully saturated rings. The quantitative estimate of drug-likeness (QED) is 0.487. The molecule has 0 aliphatic heterocycles. The number of ether oxygens (including phenoxy) is 1. The van der Waals surface area contributed by atoms with Gasteiger partial charge in [0, 0.05) is 12.6 Å². The molecular weight excluding hydrogens is 408 g/mol. The van der Waals surface area contributed by atoms with Gasteiger partial charge >= 0.3 is 0 Å². The van der Waals surface area contributed by atoms with E-state index in [1.165, 1.54) is 0 Å². The molecule has 0 saturated carbocycles. The number of amides is 1. The second kappa shape index (κ2) is 8.89. The van der Waals surface area contributed by atoms with E-state index in [9.17, 15) is 14.4 Å². The molecule has 8 nitrogen and oxygen atoms in total. The van der Waals surface area contributed by atoms with Gasteiger partial charge in [-0.05, 0) is 55.3 Å². The standard InChI is InChI=1S/C24H22N4O4/c1-15-7-5-11-20(16(15)2)32-23-19(10-6-13-25-23)26-21(29)12-14-28-24(31)18-9-4-3-8-17(18)22(30)27-28/h3-11,13H,12,14H2,1-2H3,(H,26,29)(H,27,30). The highest BCUT2D eigenvalue weighted by molar-refractivity contribution is 5.91. The summed E-state index contributed by atoms with van der Waals surface area (Å²) >= 11 is 0. The van der Waals surface area contributed by atoms with Crippen LogP contribution in [0.4, 0.5) is 5.69 Å². The summed E-state index contributed by atoms with van der Waals surface area (Å²) in [5, 5.41) is 5.93. The molecule has 2 N–H and O–H groups in total. The molecule has 4 aromatic rings. The van der Waals surface area contributed by atoms with Crippen molar-refractivity contribution in [3.63, 3.8) is 0 Å². The van der Waals surface area contributed by atoms with Crippen molar-refractivity contribution < 1.29 is 9.53 Å². The highest BCUT2D eigenvalue weighted by Crippen LogP contribution is 2.30. The lowest BCUT2D eigenvalue weighted by atomic mass is 10.1. The third-order valence-electron chi connectivity index (χ3n) is 5.25. The fraction of sp³-hybridized carbons (Fsp3) is 0.167. The molecule has 1 amide bonds. The van der Waals surface area contributed by atoms with Gasteiger partial charge in [-0.25, -0.2) is 9.67 Å². The number of anilines is 1. The third kappa shape index (κ3) is 4.29. The Balaban J connectivity index is 1.49. The lowest BCUT2D eigenvalue weighted by Crippen LogP contribution is -2.31. The molecule has 0 aliphatic carbocycles. The van der Waals surface area contributed by atoms with Gasteiger partial charge in [0.25, 0.3) is 11.1 Å². The van der Waals surface area contributed by atoms with Crippen LogP contribution in [0.25, 0.3) is 10.8 Å². The number of pyridine rings is 1. The molecule has 0 saturated heterocycles. The molecule has 0 spiro atoms. The molecule has 32 heavy (non-hydrogen) atoms. The first-order chi connectivity index (χ1) is 15.4. The lowest BCUT2D eigenvalue weighted by Gasteiger charge is -2.13. The van der Waals surface area contributed by atoms with E-state index in [1.807, 2.05) is 32.0 Å². The number of fused-ring (bicyclic) bond motifs is 1. The molecule has 4 rings (SSSR count). The van der Waals surface area contributed by atoms with Gasteiger partial charge in [0.15, 0.2) is 0 Å². The Labute approximate surface area is 183 Å². The van der Waals surface area contributed by atoms with Crippen molar-refractivity contribution in [3.05, 3.63) is 92.6 Å². The van der Waals surface area contributed by atoms with Gasteiger partial charge in [-0.3, -0.25) is 19.5 Å². The van der Waals surface area contributed by atoms with E-state index in [-0.39, 0.29) is 35.9 Å². The predicted octanol–water partition coefficient (Wildman–Crippen LogP) is 3.52. The Morgan fingerprint density at radius 1 is 1.03 bits per heavy atom. The number of rotatable bonds is 6. The molecule has 2 aromatic heterocycles. The maximum Gasteiger partial charge on any atom is 0.273 e. The van der Waals surface area contributed by atoms with Gasteiger partial charge < -0.3 is 10.1 Å². The third-order valence-corrected chi connectivity index (χ3v) is 5.25. The zero-order valence-corrected chi connectivity index (χ0v) is 17.7. The fourth-order valence-corrected chi connectivity index (χ4v) is 3.34. The van der Waals surface area contributed by atoms with Crippen LogP contribution in [-0.4, -0.2) is 20.7 Å². The second-order valence-corrected chi connectivity index (χ2v) is 7.40. The van der Waals surface area contributed by atoms with Crippen molar-refractivity contribution in [2.24, 2.45) is 0 Å². The number of H-pyrrole nitrogens is 1. The van der Waals surface area contributed by atoms with Gasteiger partial charge in [0.1, 0.15) is 11.4 Å². The maximum atomic E-state index is 12.6. The minimum absolute atomic E-state index is 0.0218. The SMILES string of the molecule is Cc1cccc(Oc2ncccc2NC(=O)CCn2[nH]c(=O)c3ccccc3c2=O)c1C. The predicted molar refractivity (Wildman–Crippen MR) is 122 cm³/mol. The number of hydrogen-bond donors (Lipinski definition) is 2. The number of aryl methyl sites for hydroxylation is 2. The van der Waals surface area contributed by atoms with Crippen molar-refractivity contribution in [1.82, 2.24) is 14.8 Å². The summed E-state index contributed by atoms with van der Waals surface area (Å²) in [7, 11) is 0. The zero-order chi connectivity index (χ0) is 22.7. The molecule has 0 atom stereocenters. The van der Waals surface area contributed by atoms with E-state index in [1.54, 1.807) is 42.6 Å². The van der Waals surface area contributed by atoms with Crippen molar-refractivity contribution in [2.45, 2.75) is 26.8 Å². The zero-order valence-electron chi connectivity index (χ0n) is 17.7. The summed E-state index contributed by atoms with van der Waals surface area (Å²) in [5.41, 5.74) is 1.75. The van der Waals surface area contributed by atoms with Crippen molar-refractivity contribution in [2.75, 3.05) is 5.32 Å². The average molecular weight is 430 g/mol. The second-order valence-electron chi connectivity index (χ2n) is 7.40. The van der Waals surface area contributed by atoms with Crippen LogP contribution in [0, 0.1) is 13.8 Å². The number of benzene rings is 2. The molecule has 8 heteroatoms. The number of carbonyl (C=O) groups is 1. The molecular formula is C24H22N4O4. The first kappa shape index (κ1) is 21.0. The maximum absolute atomic E-state index is 12.6. The summed E-state index contributed by atoms with van der Waals surface area (Å²) in [5.74, 6) is 0.579. The van der Waals surface area contributed by atoms with Crippen LogP contribution in [-0.2, 0) is 11.3 Å². The van der Waals surface area contributed by atoms with Crippen molar-refractivity contribution in [3.8, 4) is 11.6 Å². The summed E-state index contributed by atoms with van der Waals surface area (Å²) < 4.78 is 7.09. The van der Waals surface area contributed by atoms with E-state index in [4.69, 9.17) is 4.74 Å². The fourth-order valence-electron chi connectivity index (χ4n) is 3.34. The van der Waals surface area contributed by atoms with Crippen LogP contribution in [0.1, 0.15) is 17.5 Å². The Morgan fingerprint density at radius 2 is 1.81 bits per heavy atom. The van der Waals surface area contributed by atoms with Crippen LogP contribution >= 0.6 is 0 Å². The van der Waals surface area contributed by atoms with E-state index in [0.29, 0.717) is 22.2 Å². The molecule has 0 radical (unpaired) electrons. The first-order valence-electron chi connectivity index (χ1n) is 10.1. The van der Waals surface area contributed by atoms with Crippen LogP contribution in [0.2, 0.25) is 0 Å². The lowest BCUT2D eigenvalue weighted by molar-refractivity contribution is -0.116. The van der Waals surface area contributed by atoms with E-state index < -0.39 is 0 Å². The van der Waals surface area contributed by atoms with E-state index in [2.05, 4.69) is 15.4 Å². The number of carbonyl (C=O) groups excluding carboxylic acids is 1. The van der Waals surface area contributed by atoms with Crippen LogP contribution < -0.4 is 21.2 Å². The highest BCUT2D eigenvalue weighted by atomic mass is 16.5. The Hall–Kier alpha value is -4.20. The van der Waals surface area contributed by atoms with Gasteiger partial charge in [-0.15, -0.1) is 0 Å². The number of nitrogens with zero attached hydrogens (tertiary/aromatic N) is 2. The van der Waals surface area contributed by atoms with Crippen LogP contribution in [0.5, 0.6) is 11.6 Å². The van der Waals surface area contributed by atoms with Crippen molar-refractivity contribution >= 4 is 22.4 Å². The molecule has 0 aliphatic rings. The summed E-state index contributed by atoms with van der Waals surface area (Å²) in [6.45, 7) is 3.97. The van der Waals surface area contributed by atoms with Gasteiger partial charge in [-0.2, -0.15) is 0 Å². The van der Waals surface area contributed by atoms with Crippen LogP contribution in [0.3, 0.4) is 0 Å². The van der Waals surface area contributed by atoms with Gasteiger partial charge in [0.2, 0.25) is 11.8 Å². The van der Waals surface area contributed by atoms with Crippen LogP contribution in [0.15, 0.2) is 70.4 Å². The molecule has 0 unspecified atom stereocenters. The summed E-state index contributed by atoms with van der Waals surface area (Å²) in [6, 6.07) is 15.7. The smallest absolute Gasteiger partial charge is 0.273 e.